The fourth-order valence-electron chi connectivity index (χ4n) is 2.79. The molecule has 0 amide bonds. The smallest absolute Gasteiger partial charge is 0.312 e. The van der Waals surface area contributed by atoms with Gasteiger partial charge in [-0.2, -0.15) is 0 Å². The standard InChI is InChI=1S/C12H20O4/c1-8(15-2)7-12(11(13)14)5-6-16-10(12)9-3-4-9/h8-10H,3-7H2,1-2H3,(H,13,14). The normalized spacial score (nSPS) is 36.2. The monoisotopic (exact) mass is 228 g/mol. The number of methoxy groups -OCH3 is 1. The first-order valence-electron chi connectivity index (χ1n) is 5.98. The first kappa shape index (κ1) is 11.9. The van der Waals surface area contributed by atoms with Crippen LogP contribution in [0.4, 0.5) is 0 Å². The second kappa shape index (κ2) is 4.34. The molecule has 1 aliphatic carbocycles. The Morgan fingerprint density at radius 3 is 2.81 bits per heavy atom. The molecule has 1 saturated heterocycles. The predicted molar refractivity (Wildman–Crippen MR) is 58.2 cm³/mol. The minimum absolute atomic E-state index is 0.0287. The lowest BCUT2D eigenvalue weighted by atomic mass is 9.74. The molecular weight excluding hydrogens is 208 g/mol. The van der Waals surface area contributed by atoms with Crippen molar-refractivity contribution in [2.75, 3.05) is 13.7 Å². The number of carboxylic acids is 1. The van der Waals surface area contributed by atoms with Crippen LogP contribution in [0.25, 0.3) is 0 Å². The summed E-state index contributed by atoms with van der Waals surface area (Å²) < 4.78 is 10.9. The molecule has 3 atom stereocenters. The largest absolute Gasteiger partial charge is 0.481 e. The number of hydrogen-bond acceptors (Lipinski definition) is 3. The molecule has 2 fully saturated rings. The van der Waals surface area contributed by atoms with Crippen molar-refractivity contribution in [2.45, 2.75) is 44.8 Å². The molecule has 1 N–H and O–H groups in total. The first-order valence-corrected chi connectivity index (χ1v) is 5.98. The van der Waals surface area contributed by atoms with Crippen LogP contribution in [0.3, 0.4) is 0 Å². The number of carbonyl (C=O) groups is 1. The van der Waals surface area contributed by atoms with Crippen LogP contribution in [0.5, 0.6) is 0 Å². The Kier molecular flexibility index (Phi) is 3.22. The van der Waals surface area contributed by atoms with E-state index in [1.807, 2.05) is 6.92 Å². The van der Waals surface area contributed by atoms with Crippen LogP contribution in [0, 0.1) is 11.3 Å². The Hall–Kier alpha value is -0.610. The van der Waals surface area contributed by atoms with E-state index in [-0.39, 0.29) is 12.2 Å². The van der Waals surface area contributed by atoms with Crippen molar-refractivity contribution < 1.29 is 19.4 Å². The Morgan fingerprint density at radius 2 is 2.31 bits per heavy atom. The Bertz CT molecular complexity index is 274. The number of hydrogen-bond donors (Lipinski definition) is 1. The SMILES string of the molecule is COC(C)CC1(C(=O)O)CCOC1C1CC1. The fraction of sp³-hybridized carbons (Fsp3) is 0.917. The van der Waals surface area contributed by atoms with Gasteiger partial charge in [-0.25, -0.2) is 0 Å². The summed E-state index contributed by atoms with van der Waals surface area (Å²) in [6.07, 6.45) is 3.28. The molecule has 92 valence electrons. The minimum atomic E-state index is -0.717. The molecule has 0 aromatic carbocycles. The van der Waals surface area contributed by atoms with Gasteiger partial charge in [0.15, 0.2) is 0 Å². The molecule has 1 saturated carbocycles. The Balaban J connectivity index is 2.16. The Labute approximate surface area is 95.9 Å². The van der Waals surface area contributed by atoms with Crippen molar-refractivity contribution in [1.82, 2.24) is 0 Å². The molecule has 0 radical (unpaired) electrons. The second-order valence-corrected chi connectivity index (χ2v) is 5.09. The highest BCUT2D eigenvalue weighted by Gasteiger charge is 2.56. The highest BCUT2D eigenvalue weighted by atomic mass is 16.5. The number of rotatable bonds is 5. The number of ether oxygens (including phenoxy) is 2. The summed E-state index contributed by atoms with van der Waals surface area (Å²) in [5.41, 5.74) is -0.712. The summed E-state index contributed by atoms with van der Waals surface area (Å²) in [5, 5.41) is 9.52. The van der Waals surface area contributed by atoms with Gasteiger partial charge in [-0.1, -0.05) is 0 Å². The molecule has 1 heterocycles. The van der Waals surface area contributed by atoms with Crippen molar-refractivity contribution >= 4 is 5.97 Å². The third-order valence-electron chi connectivity index (χ3n) is 3.92. The molecule has 2 aliphatic rings. The van der Waals surface area contributed by atoms with Crippen molar-refractivity contribution in [3.63, 3.8) is 0 Å². The van der Waals surface area contributed by atoms with E-state index in [1.165, 1.54) is 0 Å². The van der Waals surface area contributed by atoms with Gasteiger partial charge in [-0.05, 0) is 38.5 Å². The van der Waals surface area contributed by atoms with Crippen LogP contribution in [-0.4, -0.2) is 37.0 Å². The van der Waals surface area contributed by atoms with Gasteiger partial charge in [-0.15, -0.1) is 0 Å². The lowest BCUT2D eigenvalue weighted by molar-refractivity contribution is -0.156. The number of aliphatic carboxylic acids is 1. The van der Waals surface area contributed by atoms with E-state index in [9.17, 15) is 9.90 Å². The molecule has 1 aliphatic heterocycles. The zero-order valence-electron chi connectivity index (χ0n) is 9.94. The van der Waals surface area contributed by atoms with E-state index >= 15 is 0 Å². The molecule has 3 unspecified atom stereocenters. The molecule has 16 heavy (non-hydrogen) atoms. The molecule has 0 aromatic heterocycles. The quantitative estimate of drug-likeness (QED) is 0.778. The second-order valence-electron chi connectivity index (χ2n) is 5.09. The van der Waals surface area contributed by atoms with E-state index in [4.69, 9.17) is 9.47 Å². The van der Waals surface area contributed by atoms with Crippen LogP contribution in [-0.2, 0) is 14.3 Å². The summed E-state index contributed by atoms with van der Waals surface area (Å²) in [5.74, 6) is -0.256. The van der Waals surface area contributed by atoms with Gasteiger partial charge in [0.2, 0.25) is 0 Å². The highest BCUT2D eigenvalue weighted by molar-refractivity contribution is 5.76. The van der Waals surface area contributed by atoms with Gasteiger partial charge in [0.05, 0.1) is 17.6 Å². The molecule has 2 rings (SSSR count). The maximum atomic E-state index is 11.6. The van der Waals surface area contributed by atoms with Gasteiger partial charge in [0.25, 0.3) is 0 Å². The molecule has 0 spiro atoms. The van der Waals surface area contributed by atoms with Crippen LogP contribution >= 0.6 is 0 Å². The Morgan fingerprint density at radius 1 is 1.62 bits per heavy atom. The van der Waals surface area contributed by atoms with E-state index in [2.05, 4.69) is 0 Å². The molecule has 4 nitrogen and oxygen atoms in total. The lowest BCUT2D eigenvalue weighted by Gasteiger charge is -2.31. The van der Waals surface area contributed by atoms with Crippen LogP contribution in [0.2, 0.25) is 0 Å². The maximum absolute atomic E-state index is 11.6. The zero-order chi connectivity index (χ0) is 11.8. The van der Waals surface area contributed by atoms with Gasteiger partial charge in [0, 0.05) is 13.7 Å². The third-order valence-corrected chi connectivity index (χ3v) is 3.92. The average molecular weight is 228 g/mol. The van der Waals surface area contributed by atoms with Crippen LogP contribution in [0.1, 0.15) is 32.6 Å². The molecule has 4 heteroatoms. The average Bonchev–Trinajstić information content (AvgIpc) is 3.00. The fourth-order valence-corrected chi connectivity index (χ4v) is 2.79. The van der Waals surface area contributed by atoms with E-state index < -0.39 is 11.4 Å². The zero-order valence-corrected chi connectivity index (χ0v) is 9.94. The summed E-state index contributed by atoms with van der Waals surface area (Å²) in [6, 6.07) is 0. The summed E-state index contributed by atoms with van der Waals surface area (Å²) in [4.78, 5) is 11.6. The predicted octanol–water partition coefficient (Wildman–Crippen LogP) is 1.68. The molecule has 0 bridgehead atoms. The van der Waals surface area contributed by atoms with Gasteiger partial charge in [0.1, 0.15) is 0 Å². The maximum Gasteiger partial charge on any atom is 0.312 e. The van der Waals surface area contributed by atoms with E-state index in [0.717, 1.165) is 12.8 Å². The van der Waals surface area contributed by atoms with Crippen molar-refractivity contribution in [1.29, 1.82) is 0 Å². The first-order chi connectivity index (χ1) is 7.60. The third kappa shape index (κ3) is 1.96. The summed E-state index contributed by atoms with van der Waals surface area (Å²) >= 11 is 0. The summed E-state index contributed by atoms with van der Waals surface area (Å²) in [7, 11) is 1.63. The van der Waals surface area contributed by atoms with Crippen molar-refractivity contribution in [3.8, 4) is 0 Å². The molecular formula is C12H20O4. The van der Waals surface area contributed by atoms with E-state index in [0.29, 0.717) is 25.4 Å². The van der Waals surface area contributed by atoms with Gasteiger partial charge in [-0.3, -0.25) is 4.79 Å². The minimum Gasteiger partial charge on any atom is -0.481 e. The molecule has 0 aromatic rings. The van der Waals surface area contributed by atoms with Crippen LogP contribution < -0.4 is 0 Å². The van der Waals surface area contributed by atoms with Gasteiger partial charge >= 0.3 is 5.97 Å². The lowest BCUT2D eigenvalue weighted by Crippen LogP contribution is -2.42. The van der Waals surface area contributed by atoms with Gasteiger partial charge < -0.3 is 14.6 Å². The topological polar surface area (TPSA) is 55.8 Å². The van der Waals surface area contributed by atoms with Crippen molar-refractivity contribution in [3.05, 3.63) is 0 Å². The highest BCUT2D eigenvalue weighted by Crippen LogP contribution is 2.50. The van der Waals surface area contributed by atoms with E-state index in [1.54, 1.807) is 7.11 Å². The van der Waals surface area contributed by atoms with Crippen LogP contribution in [0.15, 0.2) is 0 Å². The summed E-state index contributed by atoms with van der Waals surface area (Å²) in [6.45, 7) is 2.50. The number of carboxylic acid groups (broad SMARTS) is 1. The van der Waals surface area contributed by atoms with Crippen molar-refractivity contribution in [2.24, 2.45) is 11.3 Å².